The van der Waals surface area contributed by atoms with Gasteiger partial charge >= 0.3 is 0 Å². The number of rotatable bonds is 12. The van der Waals surface area contributed by atoms with E-state index >= 15 is 0 Å². The molecule has 1 aliphatic heterocycles. The van der Waals surface area contributed by atoms with E-state index in [1.165, 1.54) is 24.6 Å². The number of aliphatic imine (C=N–C) groups is 1. The van der Waals surface area contributed by atoms with Gasteiger partial charge in [0.15, 0.2) is 5.17 Å². The minimum atomic E-state index is -0.611. The summed E-state index contributed by atoms with van der Waals surface area (Å²) in [7, 11) is 0. The molecule has 1 unspecified atom stereocenters. The van der Waals surface area contributed by atoms with Gasteiger partial charge in [-0.1, -0.05) is 73.3 Å². The molecule has 1 heterocycles. The maximum atomic E-state index is 13.3. The molecule has 9 heteroatoms. The van der Waals surface area contributed by atoms with Crippen molar-refractivity contribution in [2.24, 2.45) is 4.99 Å². The summed E-state index contributed by atoms with van der Waals surface area (Å²) in [6.07, 6.45) is 5.29. The molecule has 1 fully saturated rings. The monoisotopic (exact) mass is 597 g/mol. The van der Waals surface area contributed by atoms with Crippen LogP contribution in [0.25, 0.3) is 0 Å². The van der Waals surface area contributed by atoms with Gasteiger partial charge in [0.1, 0.15) is 11.0 Å². The Labute approximate surface area is 250 Å². The van der Waals surface area contributed by atoms with Crippen LogP contribution in [0.5, 0.6) is 5.75 Å². The molecule has 0 spiro atoms. The molecule has 1 aliphatic rings. The van der Waals surface area contributed by atoms with Gasteiger partial charge in [-0.3, -0.25) is 14.5 Å². The first-order valence-corrected chi connectivity index (χ1v) is 15.1. The smallest absolute Gasteiger partial charge is 0.238 e. The second-order valence-electron chi connectivity index (χ2n) is 9.53. The zero-order valence-corrected chi connectivity index (χ0v) is 24.8. The molecule has 2 amide bonds. The van der Waals surface area contributed by atoms with Gasteiger partial charge in [-0.15, -0.1) is 0 Å². The predicted molar refractivity (Wildman–Crippen MR) is 166 cm³/mol. The second kappa shape index (κ2) is 15.1. The number of amides is 2. The molecular weight excluding hydrogens is 565 g/mol. The molecule has 0 bridgehead atoms. The average Bonchev–Trinajstić information content (AvgIpc) is 2.95. The lowest BCUT2D eigenvalue weighted by Gasteiger charge is -2.32. The van der Waals surface area contributed by atoms with E-state index in [4.69, 9.17) is 32.9 Å². The van der Waals surface area contributed by atoms with E-state index in [2.05, 4.69) is 12.2 Å². The molecule has 1 N–H and O–H groups in total. The summed E-state index contributed by atoms with van der Waals surface area (Å²) < 4.78 is 5.80. The van der Waals surface area contributed by atoms with Crippen molar-refractivity contribution >= 4 is 63.3 Å². The first-order valence-electron chi connectivity index (χ1n) is 13.5. The largest absolute Gasteiger partial charge is 0.494 e. The van der Waals surface area contributed by atoms with Crippen LogP contribution in [0.3, 0.4) is 0 Å². The zero-order chi connectivity index (χ0) is 28.3. The minimum Gasteiger partial charge on any atom is -0.494 e. The number of amidine groups is 1. The third-order valence-electron chi connectivity index (χ3n) is 6.41. The summed E-state index contributed by atoms with van der Waals surface area (Å²) in [4.78, 5) is 32.9. The first-order chi connectivity index (χ1) is 19.4. The number of carbonyl (C=O) groups is 2. The van der Waals surface area contributed by atoms with Gasteiger partial charge in [-0.25, -0.2) is 4.99 Å². The van der Waals surface area contributed by atoms with Gasteiger partial charge in [-0.2, -0.15) is 0 Å². The normalized spacial score (nSPS) is 16.3. The molecule has 210 valence electrons. The molecule has 4 rings (SSSR count). The minimum absolute atomic E-state index is 0.0791. The van der Waals surface area contributed by atoms with Crippen molar-refractivity contribution in [2.75, 3.05) is 18.5 Å². The van der Waals surface area contributed by atoms with E-state index < -0.39 is 5.25 Å². The average molecular weight is 599 g/mol. The number of carbonyl (C=O) groups excluding carboxylic acids is 2. The van der Waals surface area contributed by atoms with Crippen molar-refractivity contribution in [3.63, 3.8) is 0 Å². The Kier molecular flexibility index (Phi) is 11.3. The van der Waals surface area contributed by atoms with Crippen LogP contribution in [-0.2, 0) is 16.0 Å². The van der Waals surface area contributed by atoms with Gasteiger partial charge in [0, 0.05) is 28.7 Å². The lowest BCUT2D eigenvalue weighted by Crippen LogP contribution is -2.46. The Bertz CT molecular complexity index is 1300. The van der Waals surface area contributed by atoms with Crippen molar-refractivity contribution in [3.8, 4) is 5.75 Å². The van der Waals surface area contributed by atoms with Gasteiger partial charge in [-0.05, 0) is 79.1 Å². The Hall–Kier alpha value is -3.00. The Morgan fingerprint density at radius 1 is 0.975 bits per heavy atom. The molecule has 3 aromatic rings. The molecule has 0 radical (unpaired) electrons. The van der Waals surface area contributed by atoms with Gasteiger partial charge in [0.05, 0.1) is 12.3 Å². The molecule has 0 aliphatic carbocycles. The number of hydrogen-bond donors (Lipinski definition) is 1. The van der Waals surface area contributed by atoms with Crippen LogP contribution in [0.15, 0.2) is 77.8 Å². The lowest BCUT2D eigenvalue weighted by molar-refractivity contribution is -0.129. The summed E-state index contributed by atoms with van der Waals surface area (Å²) >= 11 is 13.3. The van der Waals surface area contributed by atoms with Crippen molar-refractivity contribution in [2.45, 2.75) is 50.7 Å². The van der Waals surface area contributed by atoms with Gasteiger partial charge in [0.2, 0.25) is 11.8 Å². The van der Waals surface area contributed by atoms with E-state index in [-0.39, 0.29) is 18.2 Å². The number of nitrogens with zero attached hydrogens (tertiary/aromatic N) is 2. The van der Waals surface area contributed by atoms with Crippen LogP contribution in [0, 0.1) is 0 Å². The number of nitrogens with one attached hydrogen (secondary N) is 1. The van der Waals surface area contributed by atoms with E-state index in [1.807, 2.05) is 48.5 Å². The number of benzene rings is 3. The van der Waals surface area contributed by atoms with Gasteiger partial charge < -0.3 is 10.1 Å². The molecular formula is C31H33Cl2N3O3S. The molecule has 1 atom stereocenters. The first kappa shape index (κ1) is 30.0. The van der Waals surface area contributed by atoms with Crippen molar-refractivity contribution in [1.29, 1.82) is 0 Å². The number of hydrogen-bond acceptors (Lipinski definition) is 5. The topological polar surface area (TPSA) is 71.0 Å². The maximum Gasteiger partial charge on any atom is 0.238 e. The Morgan fingerprint density at radius 2 is 1.65 bits per heavy atom. The van der Waals surface area contributed by atoms with Crippen molar-refractivity contribution in [3.05, 3.63) is 88.4 Å². The van der Waals surface area contributed by atoms with Crippen LogP contribution in [0.4, 0.5) is 11.4 Å². The van der Waals surface area contributed by atoms with E-state index in [1.54, 1.807) is 29.2 Å². The molecule has 0 aromatic heterocycles. The summed E-state index contributed by atoms with van der Waals surface area (Å²) in [6.45, 7) is 3.30. The fourth-order valence-electron chi connectivity index (χ4n) is 4.16. The fourth-order valence-corrected chi connectivity index (χ4v) is 5.53. The maximum absolute atomic E-state index is 13.3. The molecule has 3 aromatic carbocycles. The van der Waals surface area contributed by atoms with Crippen LogP contribution in [-0.4, -0.2) is 40.3 Å². The number of anilines is 1. The van der Waals surface area contributed by atoms with Crippen LogP contribution in [0.2, 0.25) is 10.0 Å². The third-order valence-corrected chi connectivity index (χ3v) is 8.10. The highest BCUT2D eigenvalue weighted by molar-refractivity contribution is 8.15. The predicted octanol–water partition coefficient (Wildman–Crippen LogP) is 8.16. The van der Waals surface area contributed by atoms with Crippen molar-refractivity contribution < 1.29 is 14.3 Å². The Morgan fingerprint density at radius 3 is 2.33 bits per heavy atom. The summed E-state index contributed by atoms with van der Waals surface area (Å²) in [5, 5.41) is 4.08. The second-order valence-corrected chi connectivity index (χ2v) is 11.6. The number of thioether (sulfide) groups is 1. The highest BCUT2D eigenvalue weighted by Crippen LogP contribution is 2.31. The van der Waals surface area contributed by atoms with E-state index in [0.29, 0.717) is 46.2 Å². The summed E-state index contributed by atoms with van der Waals surface area (Å²) in [5.74, 6) is 0.380. The highest BCUT2D eigenvalue weighted by atomic mass is 35.5. The summed E-state index contributed by atoms with van der Waals surface area (Å²) in [5.41, 5.74) is 2.36. The van der Waals surface area contributed by atoms with Crippen molar-refractivity contribution in [1.82, 2.24) is 4.90 Å². The Balaban J connectivity index is 1.42. The van der Waals surface area contributed by atoms with Crippen LogP contribution in [0.1, 0.15) is 44.6 Å². The molecule has 1 saturated heterocycles. The van der Waals surface area contributed by atoms with Gasteiger partial charge in [0.25, 0.3) is 0 Å². The van der Waals surface area contributed by atoms with Crippen LogP contribution >= 0.6 is 35.0 Å². The van der Waals surface area contributed by atoms with E-state index in [9.17, 15) is 9.59 Å². The zero-order valence-electron chi connectivity index (χ0n) is 22.4. The standard InChI is InChI=1S/C31H33Cl2N3O3S/c1-2-3-4-5-20-39-27-16-14-25(15-17-27)34-30(38)28-21-29(37)36(19-18-22-6-8-23(32)9-7-22)31(40-28)35-26-12-10-24(33)11-13-26/h6-17,28H,2-5,18-21H2,1H3,(H,34,38). The number of ether oxygens (including phenoxy) is 1. The quantitative estimate of drug-likeness (QED) is 0.214. The molecule has 40 heavy (non-hydrogen) atoms. The highest BCUT2D eigenvalue weighted by Gasteiger charge is 2.35. The molecule has 0 saturated carbocycles. The van der Waals surface area contributed by atoms with Crippen LogP contribution < -0.4 is 10.1 Å². The molecule has 6 nitrogen and oxygen atoms in total. The third kappa shape index (κ3) is 9.01. The fraction of sp³-hybridized carbons (Fsp3) is 0.323. The number of halogens is 2. The summed E-state index contributed by atoms with van der Waals surface area (Å²) in [6, 6.07) is 21.9. The van der Waals surface area contributed by atoms with E-state index in [0.717, 1.165) is 24.2 Å². The number of unbranched alkanes of at least 4 members (excludes halogenated alkanes) is 3. The SMILES string of the molecule is CCCCCCOc1ccc(NC(=O)C2CC(=O)N(CCc3ccc(Cl)cc3)C(=Nc3ccc(Cl)cc3)S2)cc1. The lowest BCUT2D eigenvalue weighted by atomic mass is 10.1.